The number of nitrogens with zero attached hydrogens (tertiary/aromatic N) is 1. The average Bonchev–Trinajstić information content (AvgIpc) is 3.25. The highest BCUT2D eigenvalue weighted by Gasteiger charge is 2.30. The minimum Gasteiger partial charge on any atom is -0.466 e. The number of esters is 2. The molecular weight excluding hydrogens is 436 g/mol. The predicted molar refractivity (Wildman–Crippen MR) is 109 cm³/mol. The van der Waals surface area contributed by atoms with Crippen LogP contribution >= 0.6 is 11.6 Å². The molecule has 0 radical (unpaired) electrons. The summed E-state index contributed by atoms with van der Waals surface area (Å²) in [5.41, 5.74) is -0.0210. The van der Waals surface area contributed by atoms with Gasteiger partial charge in [0.25, 0.3) is 5.91 Å². The lowest BCUT2D eigenvalue weighted by molar-refractivity contribution is -0.143. The van der Waals surface area contributed by atoms with E-state index < -0.39 is 28.5 Å². The van der Waals surface area contributed by atoms with Gasteiger partial charge in [-0.25, -0.2) is 13.2 Å². The number of halogens is 1. The molecule has 0 saturated carbocycles. The zero-order valence-electron chi connectivity index (χ0n) is 16.7. The maximum absolute atomic E-state index is 12.7. The number of ether oxygens (including phenoxy) is 2. The minimum absolute atomic E-state index is 0.0118. The van der Waals surface area contributed by atoms with Crippen LogP contribution in [0.4, 0.5) is 0 Å². The lowest BCUT2D eigenvalue weighted by Gasteiger charge is -2.17. The highest BCUT2D eigenvalue weighted by atomic mass is 35.5. The van der Waals surface area contributed by atoms with E-state index in [0.29, 0.717) is 26.1 Å². The summed E-state index contributed by atoms with van der Waals surface area (Å²) >= 11 is 6.05. The Morgan fingerprint density at radius 2 is 1.87 bits per heavy atom. The van der Waals surface area contributed by atoms with E-state index in [-0.39, 0.29) is 34.4 Å². The summed E-state index contributed by atoms with van der Waals surface area (Å²) in [6, 6.07) is 3.82. The monoisotopic (exact) mass is 460 g/mol. The summed E-state index contributed by atoms with van der Waals surface area (Å²) in [7, 11) is -3.81. The molecule has 11 heteroatoms. The molecule has 0 atom stereocenters. The second-order valence-corrected chi connectivity index (χ2v) is 8.90. The Morgan fingerprint density at radius 3 is 2.53 bits per heavy atom. The van der Waals surface area contributed by atoms with Gasteiger partial charge in [-0.2, -0.15) is 4.31 Å². The minimum atomic E-state index is -3.81. The van der Waals surface area contributed by atoms with Crippen LogP contribution in [0.15, 0.2) is 23.1 Å². The largest absolute Gasteiger partial charge is 0.466 e. The molecule has 1 N–H and O–H groups in total. The standard InChI is InChI=1S/C19H25ClN2O7S/c1-2-28-18(24)6-5-9-21-17(23)13-29-19(25)14-7-8-15(20)16(12-14)30(26,27)22-10-3-4-11-22/h7-8,12H,2-6,9-11,13H2,1H3,(H,21,23). The van der Waals surface area contributed by atoms with Crippen LogP contribution in [0.5, 0.6) is 0 Å². The van der Waals surface area contributed by atoms with Crippen molar-refractivity contribution in [3.05, 3.63) is 28.8 Å². The van der Waals surface area contributed by atoms with Crippen molar-refractivity contribution in [1.29, 1.82) is 0 Å². The van der Waals surface area contributed by atoms with Gasteiger partial charge in [0, 0.05) is 26.1 Å². The fourth-order valence-electron chi connectivity index (χ4n) is 2.85. The molecule has 1 aliphatic heterocycles. The lowest BCUT2D eigenvalue weighted by atomic mass is 10.2. The fourth-order valence-corrected chi connectivity index (χ4v) is 4.87. The molecule has 0 aromatic heterocycles. The van der Waals surface area contributed by atoms with Gasteiger partial charge in [0.05, 0.1) is 17.2 Å². The Kier molecular flexibility index (Phi) is 9.07. The van der Waals surface area contributed by atoms with Gasteiger partial charge in [-0.1, -0.05) is 11.6 Å². The zero-order chi connectivity index (χ0) is 22.1. The van der Waals surface area contributed by atoms with Crippen molar-refractivity contribution in [3.63, 3.8) is 0 Å². The van der Waals surface area contributed by atoms with E-state index in [1.807, 2.05) is 0 Å². The highest BCUT2D eigenvalue weighted by molar-refractivity contribution is 7.89. The predicted octanol–water partition coefficient (Wildman–Crippen LogP) is 1.74. The SMILES string of the molecule is CCOC(=O)CCCNC(=O)COC(=O)c1ccc(Cl)c(S(=O)(=O)N2CCCC2)c1. The van der Waals surface area contributed by atoms with Crippen molar-refractivity contribution < 1.29 is 32.3 Å². The van der Waals surface area contributed by atoms with Crippen molar-refractivity contribution in [1.82, 2.24) is 9.62 Å². The van der Waals surface area contributed by atoms with Crippen LogP contribution in [0.3, 0.4) is 0 Å². The third-order valence-corrected chi connectivity index (χ3v) is 6.75. The lowest BCUT2D eigenvalue weighted by Crippen LogP contribution is -2.30. The van der Waals surface area contributed by atoms with Gasteiger partial charge >= 0.3 is 11.9 Å². The number of hydrogen-bond donors (Lipinski definition) is 1. The zero-order valence-corrected chi connectivity index (χ0v) is 18.3. The smallest absolute Gasteiger partial charge is 0.338 e. The van der Waals surface area contributed by atoms with E-state index >= 15 is 0 Å². The normalized spacial score (nSPS) is 14.3. The summed E-state index contributed by atoms with van der Waals surface area (Å²) in [5, 5.41) is 2.53. The number of rotatable bonds is 10. The van der Waals surface area contributed by atoms with E-state index in [9.17, 15) is 22.8 Å². The van der Waals surface area contributed by atoms with Crippen molar-refractivity contribution in [3.8, 4) is 0 Å². The first-order valence-corrected chi connectivity index (χ1v) is 11.5. The number of benzene rings is 1. The van der Waals surface area contributed by atoms with Gasteiger partial charge in [0.2, 0.25) is 10.0 Å². The Morgan fingerprint density at radius 1 is 1.17 bits per heavy atom. The van der Waals surface area contributed by atoms with Crippen LogP contribution in [0.2, 0.25) is 5.02 Å². The van der Waals surface area contributed by atoms with Crippen LogP contribution in [0.1, 0.15) is 43.0 Å². The second kappa shape index (κ2) is 11.3. The van der Waals surface area contributed by atoms with Crippen molar-refractivity contribution in [2.45, 2.75) is 37.5 Å². The molecule has 1 aromatic carbocycles. The van der Waals surface area contributed by atoms with Crippen LogP contribution in [0.25, 0.3) is 0 Å². The molecule has 1 fully saturated rings. The quantitative estimate of drug-likeness (QED) is 0.417. The van der Waals surface area contributed by atoms with Gasteiger partial charge in [-0.3, -0.25) is 9.59 Å². The molecule has 2 rings (SSSR count). The number of carbonyl (C=O) groups is 3. The molecule has 166 valence electrons. The fraction of sp³-hybridized carbons (Fsp3) is 0.526. The molecule has 1 aromatic rings. The summed E-state index contributed by atoms with van der Waals surface area (Å²) in [4.78, 5) is 35.1. The van der Waals surface area contributed by atoms with Crippen LogP contribution in [-0.2, 0) is 29.1 Å². The molecule has 0 spiro atoms. The molecule has 0 aliphatic carbocycles. The highest BCUT2D eigenvalue weighted by Crippen LogP contribution is 2.28. The molecule has 0 unspecified atom stereocenters. The number of sulfonamides is 1. The Labute approximate surface area is 180 Å². The van der Waals surface area contributed by atoms with Gasteiger partial charge in [0.15, 0.2) is 6.61 Å². The molecule has 1 saturated heterocycles. The number of nitrogens with one attached hydrogen (secondary N) is 1. The Balaban J connectivity index is 1.88. The number of amides is 1. The molecular formula is C19H25ClN2O7S. The van der Waals surface area contributed by atoms with Crippen LogP contribution in [-0.4, -0.2) is 63.4 Å². The van der Waals surface area contributed by atoms with Crippen molar-refractivity contribution >= 4 is 39.5 Å². The molecule has 30 heavy (non-hydrogen) atoms. The Bertz CT molecular complexity index is 883. The maximum atomic E-state index is 12.7. The van der Waals surface area contributed by atoms with E-state index in [1.165, 1.54) is 16.4 Å². The first-order chi connectivity index (χ1) is 14.3. The van der Waals surface area contributed by atoms with Crippen LogP contribution in [0, 0.1) is 0 Å². The third kappa shape index (κ3) is 6.68. The topological polar surface area (TPSA) is 119 Å². The van der Waals surface area contributed by atoms with E-state index in [4.69, 9.17) is 21.1 Å². The summed E-state index contributed by atoms with van der Waals surface area (Å²) in [5.74, 6) is -1.72. The average molecular weight is 461 g/mol. The van der Waals surface area contributed by atoms with E-state index in [0.717, 1.165) is 18.9 Å². The van der Waals surface area contributed by atoms with Gasteiger partial charge in [-0.15, -0.1) is 0 Å². The molecule has 1 heterocycles. The second-order valence-electron chi connectivity index (χ2n) is 6.59. The van der Waals surface area contributed by atoms with Gasteiger partial charge in [-0.05, 0) is 44.4 Å². The molecule has 9 nitrogen and oxygen atoms in total. The third-order valence-electron chi connectivity index (χ3n) is 4.37. The van der Waals surface area contributed by atoms with Crippen molar-refractivity contribution in [2.75, 3.05) is 32.8 Å². The van der Waals surface area contributed by atoms with Crippen LogP contribution < -0.4 is 5.32 Å². The molecule has 0 bridgehead atoms. The number of hydrogen-bond acceptors (Lipinski definition) is 7. The first-order valence-electron chi connectivity index (χ1n) is 9.65. The van der Waals surface area contributed by atoms with Gasteiger partial charge in [0.1, 0.15) is 4.90 Å². The molecule has 1 amide bonds. The van der Waals surface area contributed by atoms with Gasteiger partial charge < -0.3 is 14.8 Å². The summed E-state index contributed by atoms with van der Waals surface area (Å²) in [6.07, 6.45) is 2.11. The summed E-state index contributed by atoms with van der Waals surface area (Å²) in [6.45, 7) is 2.52. The first kappa shape index (κ1) is 24.1. The summed E-state index contributed by atoms with van der Waals surface area (Å²) < 4.78 is 36.5. The van der Waals surface area contributed by atoms with E-state index in [1.54, 1.807) is 6.92 Å². The van der Waals surface area contributed by atoms with E-state index in [2.05, 4.69) is 5.32 Å². The number of carbonyl (C=O) groups excluding carboxylic acids is 3. The maximum Gasteiger partial charge on any atom is 0.338 e. The molecule has 1 aliphatic rings. The van der Waals surface area contributed by atoms with Crippen molar-refractivity contribution in [2.24, 2.45) is 0 Å². The Hall–Kier alpha value is -2.17.